The maximum atomic E-state index is 13.7. The summed E-state index contributed by atoms with van der Waals surface area (Å²) in [6.07, 6.45) is -0.350. The number of amides is 4. The van der Waals surface area contributed by atoms with Crippen molar-refractivity contribution in [3.05, 3.63) is 83.9 Å². The molecule has 1 unspecified atom stereocenters. The van der Waals surface area contributed by atoms with E-state index < -0.39 is 23.7 Å². The second kappa shape index (κ2) is 10.6. The Hall–Kier alpha value is -4.71. The first-order valence-electron chi connectivity index (χ1n) is 13.2. The number of pyridine rings is 1. The van der Waals surface area contributed by atoms with Gasteiger partial charge in [-0.1, -0.05) is 36.9 Å². The molecule has 0 aliphatic carbocycles. The Morgan fingerprint density at radius 1 is 1.14 bits per heavy atom. The van der Waals surface area contributed by atoms with E-state index in [0.29, 0.717) is 52.4 Å². The van der Waals surface area contributed by atoms with Crippen LogP contribution in [0.2, 0.25) is 0 Å². The van der Waals surface area contributed by atoms with E-state index in [4.69, 9.17) is 0 Å². The first-order valence-corrected chi connectivity index (χ1v) is 14.0. The topological polar surface area (TPSA) is 94.6 Å². The highest BCUT2D eigenvalue weighted by molar-refractivity contribution is 7.21. The minimum Gasteiger partial charge on any atom is -0.347 e. The van der Waals surface area contributed by atoms with Gasteiger partial charge >= 0.3 is 12.2 Å². The fraction of sp³-hybridized carbons (Fsp3) is 0.200. The van der Waals surface area contributed by atoms with Crippen molar-refractivity contribution in [1.29, 1.82) is 0 Å². The molecule has 8 nitrogen and oxygen atoms in total. The monoisotopic (exact) mass is 591 g/mol. The zero-order valence-electron chi connectivity index (χ0n) is 22.1. The van der Waals surface area contributed by atoms with Crippen LogP contribution in [0.25, 0.3) is 21.3 Å². The fourth-order valence-corrected chi connectivity index (χ4v) is 6.49. The van der Waals surface area contributed by atoms with Gasteiger partial charge in [-0.2, -0.15) is 13.2 Å². The number of anilines is 3. The predicted octanol–water partition coefficient (Wildman–Crippen LogP) is 6.57. The standard InChI is InChI=1S/C30H24F3N5O3S/c1-2-23(39)37-14-6-8-18(16-37)35-27(40)26-25-24-22(12-13-34-28(24)42-26)38(29(41)36-25)19-9-5-7-17(15-19)20-10-3-4-11-21(20)30(31,32)33/h2-5,7,9-13,15,18H,1,6,8,14,16H2,(H,35,40)(H,36,41). The molecule has 4 heterocycles. The van der Waals surface area contributed by atoms with Crippen LogP contribution in [0.4, 0.5) is 35.0 Å². The predicted molar refractivity (Wildman–Crippen MR) is 155 cm³/mol. The Morgan fingerprint density at radius 2 is 1.95 bits per heavy atom. The number of halogens is 3. The molecule has 1 fully saturated rings. The van der Waals surface area contributed by atoms with Gasteiger partial charge in [-0.3, -0.25) is 14.5 Å². The summed E-state index contributed by atoms with van der Waals surface area (Å²) >= 11 is 1.13. The van der Waals surface area contributed by atoms with Crippen LogP contribution in [0.1, 0.15) is 28.1 Å². The summed E-state index contributed by atoms with van der Waals surface area (Å²) in [5.41, 5.74) is 0.649. The van der Waals surface area contributed by atoms with Gasteiger partial charge in [0.2, 0.25) is 5.91 Å². The third kappa shape index (κ3) is 4.87. The van der Waals surface area contributed by atoms with E-state index in [1.807, 2.05) is 0 Å². The van der Waals surface area contributed by atoms with E-state index in [0.717, 1.165) is 23.8 Å². The molecule has 2 aliphatic heterocycles. The van der Waals surface area contributed by atoms with Gasteiger partial charge in [0.15, 0.2) is 0 Å². The van der Waals surface area contributed by atoms with Crippen LogP contribution in [-0.4, -0.2) is 46.9 Å². The van der Waals surface area contributed by atoms with E-state index in [9.17, 15) is 27.6 Å². The number of rotatable bonds is 5. The number of likely N-dealkylation sites (tertiary alicyclic amines) is 1. The van der Waals surface area contributed by atoms with Crippen molar-refractivity contribution >= 4 is 56.5 Å². The van der Waals surface area contributed by atoms with Gasteiger partial charge in [0.1, 0.15) is 9.71 Å². The molecule has 42 heavy (non-hydrogen) atoms. The molecule has 2 aromatic carbocycles. The molecule has 0 saturated carbocycles. The number of carbonyl (C=O) groups excluding carboxylic acids is 3. The lowest BCUT2D eigenvalue weighted by Gasteiger charge is -2.32. The molecule has 0 radical (unpaired) electrons. The molecule has 0 spiro atoms. The van der Waals surface area contributed by atoms with Crippen LogP contribution in [-0.2, 0) is 11.0 Å². The molecule has 2 aliphatic rings. The molecule has 214 valence electrons. The summed E-state index contributed by atoms with van der Waals surface area (Å²) in [6, 6.07) is 12.4. The molecule has 12 heteroatoms. The number of nitrogens with one attached hydrogen (secondary N) is 2. The number of piperidine rings is 1. The molecule has 2 aromatic heterocycles. The number of hydrogen-bond acceptors (Lipinski definition) is 5. The van der Waals surface area contributed by atoms with Crippen LogP contribution in [0.3, 0.4) is 0 Å². The highest BCUT2D eigenvalue weighted by Crippen LogP contribution is 2.46. The van der Waals surface area contributed by atoms with Crippen LogP contribution in [0.15, 0.2) is 73.4 Å². The molecule has 1 saturated heterocycles. The molecular weight excluding hydrogens is 567 g/mol. The Morgan fingerprint density at radius 3 is 2.74 bits per heavy atom. The van der Waals surface area contributed by atoms with Crippen molar-refractivity contribution in [2.24, 2.45) is 0 Å². The molecule has 1 atom stereocenters. The maximum absolute atomic E-state index is 13.7. The van der Waals surface area contributed by atoms with E-state index in [2.05, 4.69) is 22.2 Å². The number of alkyl halides is 3. The van der Waals surface area contributed by atoms with Crippen molar-refractivity contribution in [2.75, 3.05) is 23.3 Å². The first kappa shape index (κ1) is 27.5. The van der Waals surface area contributed by atoms with Gasteiger partial charge in [-0.15, -0.1) is 11.3 Å². The van der Waals surface area contributed by atoms with Crippen LogP contribution < -0.4 is 15.5 Å². The number of urea groups is 1. The van der Waals surface area contributed by atoms with E-state index in [-0.39, 0.29) is 22.4 Å². The smallest absolute Gasteiger partial charge is 0.347 e. The van der Waals surface area contributed by atoms with Crippen molar-refractivity contribution in [3.63, 3.8) is 0 Å². The normalized spacial score (nSPS) is 16.7. The molecule has 6 rings (SSSR count). The molecule has 0 bridgehead atoms. The van der Waals surface area contributed by atoms with Crippen molar-refractivity contribution < 1.29 is 27.6 Å². The summed E-state index contributed by atoms with van der Waals surface area (Å²) in [5, 5.41) is 6.35. The first-order chi connectivity index (χ1) is 20.2. The number of nitrogens with zero attached hydrogens (tertiary/aromatic N) is 3. The molecular formula is C30H24F3N5O3S. The lowest BCUT2D eigenvalue weighted by atomic mass is 9.98. The third-order valence-electron chi connectivity index (χ3n) is 7.34. The van der Waals surface area contributed by atoms with Gasteiger partial charge in [0.25, 0.3) is 5.91 Å². The van der Waals surface area contributed by atoms with Gasteiger partial charge in [-0.05, 0) is 54.3 Å². The van der Waals surface area contributed by atoms with E-state index >= 15 is 0 Å². The summed E-state index contributed by atoms with van der Waals surface area (Å²) in [5.74, 6) is -0.588. The third-order valence-corrected chi connectivity index (χ3v) is 8.44. The lowest BCUT2D eigenvalue weighted by molar-refractivity contribution is -0.137. The average molecular weight is 592 g/mol. The van der Waals surface area contributed by atoms with Crippen LogP contribution in [0.5, 0.6) is 0 Å². The second-order valence-corrected chi connectivity index (χ2v) is 11.0. The largest absolute Gasteiger partial charge is 0.417 e. The average Bonchev–Trinajstić information content (AvgIpc) is 3.36. The number of carbonyl (C=O) groups is 3. The van der Waals surface area contributed by atoms with Gasteiger partial charge in [-0.25, -0.2) is 9.78 Å². The highest BCUT2D eigenvalue weighted by atomic mass is 32.1. The Balaban J connectivity index is 1.35. The quantitative estimate of drug-likeness (QED) is 0.257. The number of benzene rings is 2. The van der Waals surface area contributed by atoms with Gasteiger partial charge < -0.3 is 15.5 Å². The molecule has 4 aromatic rings. The number of hydrogen-bond donors (Lipinski definition) is 2. The summed E-state index contributed by atoms with van der Waals surface area (Å²) < 4.78 is 41.2. The van der Waals surface area contributed by atoms with Crippen molar-refractivity contribution in [3.8, 4) is 11.1 Å². The fourth-order valence-electron chi connectivity index (χ4n) is 5.47. The Bertz CT molecular complexity index is 1750. The maximum Gasteiger partial charge on any atom is 0.417 e. The summed E-state index contributed by atoms with van der Waals surface area (Å²) in [7, 11) is 0. The van der Waals surface area contributed by atoms with Crippen LogP contribution >= 0.6 is 11.3 Å². The highest BCUT2D eigenvalue weighted by Gasteiger charge is 2.35. The minimum atomic E-state index is -4.55. The molecule has 2 N–H and O–H groups in total. The minimum absolute atomic E-state index is 0.00427. The Labute approximate surface area is 242 Å². The van der Waals surface area contributed by atoms with Crippen molar-refractivity contribution in [1.82, 2.24) is 15.2 Å². The van der Waals surface area contributed by atoms with Gasteiger partial charge in [0.05, 0.1) is 28.0 Å². The summed E-state index contributed by atoms with van der Waals surface area (Å²) in [4.78, 5) is 47.2. The van der Waals surface area contributed by atoms with Crippen LogP contribution in [0, 0.1) is 0 Å². The lowest BCUT2D eigenvalue weighted by Crippen LogP contribution is -2.49. The van der Waals surface area contributed by atoms with E-state index in [1.54, 1.807) is 29.2 Å². The SMILES string of the molecule is C=CC(=O)N1CCCC(NC(=O)c2sc3nccc4c3c2NC(=O)N4c2cccc(-c3ccccc3C(F)(F)F)c2)C1. The summed E-state index contributed by atoms with van der Waals surface area (Å²) in [6.45, 7) is 4.47. The molecule has 4 amide bonds. The van der Waals surface area contributed by atoms with Crippen molar-refractivity contribution in [2.45, 2.75) is 25.1 Å². The number of thiophene rings is 1. The zero-order valence-corrected chi connectivity index (χ0v) is 22.9. The Kier molecular flexibility index (Phi) is 6.93. The zero-order chi connectivity index (χ0) is 29.6. The van der Waals surface area contributed by atoms with E-state index in [1.165, 1.54) is 41.4 Å². The second-order valence-electron chi connectivity index (χ2n) is 9.98. The van der Waals surface area contributed by atoms with Gasteiger partial charge in [0, 0.05) is 25.3 Å². The number of aromatic nitrogens is 1.